The van der Waals surface area contributed by atoms with Crippen LogP contribution in [0.5, 0.6) is 0 Å². The zero-order valence-corrected chi connectivity index (χ0v) is 6.90. The third kappa shape index (κ3) is 1.22. The molecule has 0 bridgehead atoms. The van der Waals surface area contributed by atoms with Crippen LogP contribution in [0.1, 0.15) is 10.4 Å². The van der Waals surface area contributed by atoms with Crippen molar-refractivity contribution >= 4 is 17.1 Å². The second kappa shape index (κ2) is 2.81. The van der Waals surface area contributed by atoms with Crippen molar-refractivity contribution in [2.75, 3.05) is 7.05 Å². The molecule has 1 amide bonds. The number of fused-ring (bicyclic) bond motifs is 1. The number of H-pyrrole nitrogens is 1. The van der Waals surface area contributed by atoms with Gasteiger partial charge >= 0.3 is 0 Å². The number of pyridine rings is 1. The van der Waals surface area contributed by atoms with E-state index in [1.54, 1.807) is 13.1 Å². The molecule has 2 aromatic rings. The topological polar surface area (TPSA) is 83.6 Å². The fraction of sp³-hybridized carbons (Fsp3) is 0.143. The van der Waals surface area contributed by atoms with Gasteiger partial charge in [0.05, 0.1) is 5.56 Å². The van der Waals surface area contributed by atoms with Crippen molar-refractivity contribution in [1.29, 1.82) is 0 Å². The first kappa shape index (κ1) is 7.66. The summed E-state index contributed by atoms with van der Waals surface area (Å²) in [4.78, 5) is 15.1. The van der Waals surface area contributed by atoms with Crippen LogP contribution in [-0.4, -0.2) is 33.3 Å². The average molecular weight is 177 g/mol. The lowest BCUT2D eigenvalue weighted by molar-refractivity contribution is 0.0963. The van der Waals surface area contributed by atoms with E-state index >= 15 is 0 Å². The van der Waals surface area contributed by atoms with Gasteiger partial charge in [0.15, 0.2) is 0 Å². The van der Waals surface area contributed by atoms with Crippen LogP contribution in [-0.2, 0) is 0 Å². The third-order valence-corrected chi connectivity index (χ3v) is 1.66. The first-order valence-electron chi connectivity index (χ1n) is 3.70. The standard InChI is InChI=1S/C7H7N5O/c1-8-7(13)4-2-5-6(9-3-4)11-12-10-5/h2-3H,1H3,(H,8,13)(H,9,10,11,12). The Labute approximate surface area is 73.4 Å². The highest BCUT2D eigenvalue weighted by molar-refractivity contribution is 5.95. The molecule has 2 N–H and O–H groups in total. The van der Waals surface area contributed by atoms with Crippen molar-refractivity contribution in [2.24, 2.45) is 0 Å². The molecule has 13 heavy (non-hydrogen) atoms. The van der Waals surface area contributed by atoms with Crippen LogP contribution >= 0.6 is 0 Å². The second-order valence-corrected chi connectivity index (χ2v) is 2.47. The zero-order valence-electron chi connectivity index (χ0n) is 6.90. The lowest BCUT2D eigenvalue weighted by atomic mass is 10.2. The largest absolute Gasteiger partial charge is 0.355 e. The van der Waals surface area contributed by atoms with Crippen molar-refractivity contribution in [3.05, 3.63) is 17.8 Å². The first-order valence-corrected chi connectivity index (χ1v) is 3.70. The number of amides is 1. The summed E-state index contributed by atoms with van der Waals surface area (Å²) in [6.07, 6.45) is 1.46. The lowest BCUT2D eigenvalue weighted by Crippen LogP contribution is -2.17. The maximum Gasteiger partial charge on any atom is 0.252 e. The molecule has 6 nitrogen and oxygen atoms in total. The van der Waals surface area contributed by atoms with E-state index in [4.69, 9.17) is 0 Å². The lowest BCUT2D eigenvalue weighted by Gasteiger charge is -1.96. The van der Waals surface area contributed by atoms with Crippen LogP contribution in [0, 0.1) is 0 Å². The molecule has 0 radical (unpaired) electrons. The minimum Gasteiger partial charge on any atom is -0.355 e. The molecule has 0 spiro atoms. The summed E-state index contributed by atoms with van der Waals surface area (Å²) >= 11 is 0. The third-order valence-electron chi connectivity index (χ3n) is 1.66. The Morgan fingerprint density at radius 1 is 1.54 bits per heavy atom. The number of hydrogen-bond donors (Lipinski definition) is 2. The minimum atomic E-state index is -0.183. The van der Waals surface area contributed by atoms with E-state index in [1.807, 2.05) is 0 Å². The average Bonchev–Trinajstić information content (AvgIpc) is 2.63. The van der Waals surface area contributed by atoms with Crippen molar-refractivity contribution in [3.8, 4) is 0 Å². The molecule has 2 heterocycles. The Balaban J connectivity index is 2.54. The van der Waals surface area contributed by atoms with Gasteiger partial charge in [-0.05, 0) is 6.07 Å². The fourth-order valence-electron chi connectivity index (χ4n) is 1.01. The molecule has 0 aliphatic heterocycles. The quantitative estimate of drug-likeness (QED) is 0.627. The smallest absolute Gasteiger partial charge is 0.252 e. The number of hydrogen-bond acceptors (Lipinski definition) is 4. The van der Waals surface area contributed by atoms with Gasteiger partial charge in [-0.3, -0.25) is 4.79 Å². The predicted molar refractivity (Wildman–Crippen MR) is 45.1 cm³/mol. The minimum absolute atomic E-state index is 0.183. The maximum atomic E-state index is 11.2. The Bertz CT molecular complexity index is 449. The SMILES string of the molecule is CNC(=O)c1cnc2n[nH]nc2c1. The van der Waals surface area contributed by atoms with Gasteiger partial charge < -0.3 is 5.32 Å². The molecule has 66 valence electrons. The van der Waals surface area contributed by atoms with Crippen LogP contribution in [0.25, 0.3) is 11.2 Å². The summed E-state index contributed by atoms with van der Waals surface area (Å²) in [5.74, 6) is -0.183. The Morgan fingerprint density at radius 2 is 2.38 bits per heavy atom. The highest BCUT2D eigenvalue weighted by atomic mass is 16.1. The number of nitrogens with one attached hydrogen (secondary N) is 2. The molecule has 0 fully saturated rings. The number of aromatic nitrogens is 4. The van der Waals surface area contributed by atoms with Crippen LogP contribution in [0.4, 0.5) is 0 Å². The Hall–Kier alpha value is -1.98. The molecule has 0 aliphatic carbocycles. The van der Waals surface area contributed by atoms with Gasteiger partial charge in [0.25, 0.3) is 5.91 Å². The summed E-state index contributed by atoms with van der Waals surface area (Å²) in [6, 6.07) is 1.63. The van der Waals surface area contributed by atoms with Gasteiger partial charge in [-0.25, -0.2) is 4.98 Å². The number of carbonyl (C=O) groups excluding carboxylic acids is 1. The molecule has 0 unspecified atom stereocenters. The van der Waals surface area contributed by atoms with Crippen molar-refractivity contribution in [2.45, 2.75) is 0 Å². The monoisotopic (exact) mass is 177 g/mol. The van der Waals surface area contributed by atoms with Gasteiger partial charge in [-0.15, -0.1) is 5.10 Å². The van der Waals surface area contributed by atoms with Gasteiger partial charge in [0.2, 0.25) is 5.65 Å². The number of nitrogens with zero attached hydrogens (tertiary/aromatic N) is 3. The molecule has 0 saturated heterocycles. The van der Waals surface area contributed by atoms with Gasteiger partial charge in [-0.2, -0.15) is 10.3 Å². The van der Waals surface area contributed by atoms with E-state index in [1.165, 1.54) is 6.20 Å². The van der Waals surface area contributed by atoms with Gasteiger partial charge in [0, 0.05) is 13.2 Å². The molecule has 0 saturated carbocycles. The molecule has 2 aromatic heterocycles. The van der Waals surface area contributed by atoms with Gasteiger partial charge in [-0.1, -0.05) is 0 Å². The molecule has 2 rings (SSSR count). The van der Waals surface area contributed by atoms with Crippen molar-refractivity contribution in [1.82, 2.24) is 25.7 Å². The summed E-state index contributed by atoms with van der Waals surface area (Å²) < 4.78 is 0. The van der Waals surface area contributed by atoms with E-state index in [0.29, 0.717) is 16.7 Å². The highest BCUT2D eigenvalue weighted by Gasteiger charge is 2.06. The van der Waals surface area contributed by atoms with E-state index in [2.05, 4.69) is 25.7 Å². The van der Waals surface area contributed by atoms with Crippen LogP contribution < -0.4 is 5.32 Å². The first-order chi connectivity index (χ1) is 6.31. The predicted octanol–water partition coefficient (Wildman–Crippen LogP) is -0.288. The van der Waals surface area contributed by atoms with Gasteiger partial charge in [0.1, 0.15) is 5.52 Å². The summed E-state index contributed by atoms with van der Waals surface area (Å²) in [5.41, 5.74) is 1.57. The summed E-state index contributed by atoms with van der Waals surface area (Å²) in [7, 11) is 1.56. The van der Waals surface area contributed by atoms with E-state index in [9.17, 15) is 4.79 Å². The molecule has 0 aliphatic rings. The normalized spacial score (nSPS) is 10.2. The van der Waals surface area contributed by atoms with Crippen LogP contribution in [0.3, 0.4) is 0 Å². The highest BCUT2D eigenvalue weighted by Crippen LogP contribution is 2.06. The molecular formula is C7H7N5O. The van der Waals surface area contributed by atoms with E-state index in [-0.39, 0.29) is 5.91 Å². The van der Waals surface area contributed by atoms with Crippen LogP contribution in [0.15, 0.2) is 12.3 Å². The molecular weight excluding hydrogens is 170 g/mol. The van der Waals surface area contributed by atoms with Crippen molar-refractivity contribution in [3.63, 3.8) is 0 Å². The molecule has 0 aromatic carbocycles. The molecule has 0 atom stereocenters. The summed E-state index contributed by atoms with van der Waals surface area (Å²) in [6.45, 7) is 0. The number of aromatic amines is 1. The van der Waals surface area contributed by atoms with E-state index in [0.717, 1.165) is 0 Å². The zero-order chi connectivity index (χ0) is 9.26. The molecule has 6 heteroatoms. The number of rotatable bonds is 1. The van der Waals surface area contributed by atoms with E-state index < -0.39 is 0 Å². The Kier molecular flexibility index (Phi) is 1.66. The second-order valence-electron chi connectivity index (χ2n) is 2.47. The van der Waals surface area contributed by atoms with Crippen LogP contribution in [0.2, 0.25) is 0 Å². The Morgan fingerprint density at radius 3 is 3.15 bits per heavy atom. The maximum absolute atomic E-state index is 11.2. The number of carbonyl (C=O) groups is 1. The fourth-order valence-corrected chi connectivity index (χ4v) is 1.01. The summed E-state index contributed by atoms with van der Waals surface area (Å²) in [5, 5.41) is 12.5. The van der Waals surface area contributed by atoms with Crippen molar-refractivity contribution < 1.29 is 4.79 Å².